The Hall–Kier alpha value is -2.46. The van der Waals surface area contributed by atoms with Crippen LogP contribution in [0.1, 0.15) is 67.7 Å². The van der Waals surface area contributed by atoms with E-state index in [1.165, 1.54) is 33.8 Å². The number of amides is 1. The number of carbonyl (C=O) groups is 1. The zero-order chi connectivity index (χ0) is 21.6. The molecule has 0 unspecified atom stereocenters. The van der Waals surface area contributed by atoms with Gasteiger partial charge in [0.15, 0.2) is 0 Å². The van der Waals surface area contributed by atoms with Gasteiger partial charge in [-0.05, 0) is 78.9 Å². The second kappa shape index (κ2) is 10.2. The third kappa shape index (κ3) is 5.07. The molecule has 2 aromatic heterocycles. The Kier molecular flexibility index (Phi) is 7.18. The summed E-state index contributed by atoms with van der Waals surface area (Å²) in [5.74, 6) is 0.166. The maximum absolute atomic E-state index is 12.7. The summed E-state index contributed by atoms with van der Waals surface area (Å²) in [6, 6.07) is 14.8. The molecule has 3 heterocycles. The highest BCUT2D eigenvalue weighted by Crippen LogP contribution is 2.35. The number of carbonyl (C=O) groups excluding carboxylic acids is 1. The molecule has 1 aliphatic heterocycles. The van der Waals surface area contributed by atoms with Crippen LogP contribution in [0.5, 0.6) is 0 Å². The molecule has 3 aromatic rings. The largest absolute Gasteiger partial charge is 0.339 e. The van der Waals surface area contributed by atoms with E-state index in [1.54, 1.807) is 11.3 Å². The summed E-state index contributed by atoms with van der Waals surface area (Å²) in [7, 11) is 0. The van der Waals surface area contributed by atoms with E-state index in [1.807, 2.05) is 17.0 Å². The van der Waals surface area contributed by atoms with E-state index in [4.69, 9.17) is 4.98 Å². The molecule has 0 N–H and O–H groups in total. The molecule has 4 heteroatoms. The Bertz CT molecular complexity index is 1020. The van der Waals surface area contributed by atoms with Gasteiger partial charge in [0.25, 0.3) is 5.91 Å². The monoisotopic (exact) mass is 432 g/mol. The van der Waals surface area contributed by atoms with Crippen molar-refractivity contribution in [3.8, 4) is 21.6 Å². The number of rotatable bonds is 7. The molecular formula is C27H32N2OS. The standard InChI is InChI=1S/C27H32N2OS/c1-3-8-23-14-15-24(25(28-23)9-4-2)26-18-22(19-31-26)20-10-12-21(13-11-20)27(30)29-16-6-5-7-17-29/h10-15,18-19H,3-9,16-17H2,1-2H3. The van der Waals surface area contributed by atoms with Gasteiger partial charge < -0.3 is 4.90 Å². The summed E-state index contributed by atoms with van der Waals surface area (Å²) in [4.78, 5) is 20.9. The minimum atomic E-state index is 0.166. The number of hydrogen-bond donors (Lipinski definition) is 0. The lowest BCUT2D eigenvalue weighted by Crippen LogP contribution is -2.35. The van der Waals surface area contributed by atoms with Gasteiger partial charge in [-0.1, -0.05) is 38.8 Å². The van der Waals surface area contributed by atoms with E-state index in [9.17, 15) is 4.79 Å². The number of benzene rings is 1. The van der Waals surface area contributed by atoms with Crippen LogP contribution in [0.15, 0.2) is 47.8 Å². The summed E-state index contributed by atoms with van der Waals surface area (Å²) in [5.41, 5.74) is 6.82. The van der Waals surface area contributed by atoms with E-state index in [2.05, 4.69) is 49.6 Å². The predicted octanol–water partition coefficient (Wildman–Crippen LogP) is 7.01. The van der Waals surface area contributed by atoms with Crippen LogP contribution >= 0.6 is 11.3 Å². The molecule has 0 saturated carbocycles. The lowest BCUT2D eigenvalue weighted by Gasteiger charge is -2.26. The lowest BCUT2D eigenvalue weighted by molar-refractivity contribution is 0.0724. The number of pyridine rings is 1. The molecule has 0 radical (unpaired) electrons. The van der Waals surface area contributed by atoms with Crippen LogP contribution in [0, 0.1) is 0 Å². The Labute approximate surface area is 190 Å². The topological polar surface area (TPSA) is 33.2 Å². The molecule has 1 aromatic carbocycles. The summed E-state index contributed by atoms with van der Waals surface area (Å²) in [5, 5.41) is 2.21. The van der Waals surface area contributed by atoms with Crippen LogP contribution in [0.2, 0.25) is 0 Å². The molecular weight excluding hydrogens is 400 g/mol. The predicted molar refractivity (Wildman–Crippen MR) is 131 cm³/mol. The van der Waals surface area contributed by atoms with Gasteiger partial charge in [0.2, 0.25) is 0 Å². The molecule has 162 valence electrons. The molecule has 0 bridgehead atoms. The number of piperidine rings is 1. The first kappa shape index (κ1) is 21.8. The van der Waals surface area contributed by atoms with Gasteiger partial charge in [0, 0.05) is 40.5 Å². The Morgan fingerprint density at radius 3 is 2.39 bits per heavy atom. The zero-order valence-electron chi connectivity index (χ0n) is 18.7. The fourth-order valence-corrected chi connectivity index (χ4v) is 5.27. The van der Waals surface area contributed by atoms with E-state index in [0.29, 0.717) is 0 Å². The molecule has 31 heavy (non-hydrogen) atoms. The molecule has 0 spiro atoms. The number of aromatic nitrogens is 1. The van der Waals surface area contributed by atoms with Crippen molar-refractivity contribution in [3.05, 3.63) is 64.8 Å². The molecule has 4 rings (SSSR count). The van der Waals surface area contributed by atoms with Gasteiger partial charge in [0.1, 0.15) is 0 Å². The van der Waals surface area contributed by atoms with Gasteiger partial charge in [-0.2, -0.15) is 0 Å². The second-order valence-corrected chi connectivity index (χ2v) is 9.34. The van der Waals surface area contributed by atoms with Gasteiger partial charge in [0.05, 0.1) is 0 Å². The summed E-state index contributed by atoms with van der Waals surface area (Å²) in [6.45, 7) is 6.19. The number of aryl methyl sites for hydroxylation is 2. The minimum Gasteiger partial charge on any atom is -0.339 e. The van der Waals surface area contributed by atoms with Crippen LogP contribution in [0.4, 0.5) is 0 Å². The summed E-state index contributed by atoms with van der Waals surface area (Å²) in [6.07, 6.45) is 7.74. The van der Waals surface area contributed by atoms with E-state index in [-0.39, 0.29) is 5.91 Å². The fraction of sp³-hybridized carbons (Fsp3) is 0.407. The SMILES string of the molecule is CCCc1ccc(-c2cc(-c3ccc(C(=O)N4CCCCC4)cc3)cs2)c(CCC)n1. The Morgan fingerprint density at radius 1 is 0.935 bits per heavy atom. The fourth-order valence-electron chi connectivity index (χ4n) is 4.31. The van der Waals surface area contributed by atoms with Crippen LogP contribution < -0.4 is 0 Å². The molecule has 1 saturated heterocycles. The van der Waals surface area contributed by atoms with Crippen LogP contribution in [-0.4, -0.2) is 28.9 Å². The van der Waals surface area contributed by atoms with E-state index in [0.717, 1.165) is 62.7 Å². The van der Waals surface area contributed by atoms with Crippen molar-refractivity contribution in [2.75, 3.05) is 13.1 Å². The lowest BCUT2D eigenvalue weighted by atomic mass is 10.0. The van der Waals surface area contributed by atoms with Crippen molar-refractivity contribution < 1.29 is 4.79 Å². The van der Waals surface area contributed by atoms with Gasteiger partial charge in [-0.3, -0.25) is 9.78 Å². The van der Waals surface area contributed by atoms with Crippen molar-refractivity contribution in [3.63, 3.8) is 0 Å². The van der Waals surface area contributed by atoms with Crippen molar-refractivity contribution in [2.24, 2.45) is 0 Å². The number of nitrogens with zero attached hydrogens (tertiary/aromatic N) is 2. The third-order valence-electron chi connectivity index (χ3n) is 6.00. The quantitative estimate of drug-likeness (QED) is 0.402. The Balaban J connectivity index is 1.54. The van der Waals surface area contributed by atoms with Gasteiger partial charge >= 0.3 is 0 Å². The Morgan fingerprint density at radius 2 is 1.68 bits per heavy atom. The summed E-state index contributed by atoms with van der Waals surface area (Å²) < 4.78 is 0. The molecule has 0 aliphatic carbocycles. The molecule has 1 fully saturated rings. The van der Waals surface area contributed by atoms with Gasteiger partial charge in [-0.15, -0.1) is 11.3 Å². The highest BCUT2D eigenvalue weighted by atomic mass is 32.1. The normalized spacial score (nSPS) is 14.1. The molecule has 1 amide bonds. The molecule has 0 atom stereocenters. The highest BCUT2D eigenvalue weighted by Gasteiger charge is 2.18. The third-order valence-corrected chi connectivity index (χ3v) is 6.96. The maximum atomic E-state index is 12.7. The average Bonchev–Trinajstić information content (AvgIpc) is 3.30. The first-order valence-electron chi connectivity index (χ1n) is 11.7. The van der Waals surface area contributed by atoms with Crippen molar-refractivity contribution in [2.45, 2.75) is 58.8 Å². The van der Waals surface area contributed by atoms with Gasteiger partial charge in [-0.25, -0.2) is 0 Å². The molecule has 1 aliphatic rings. The van der Waals surface area contributed by atoms with E-state index < -0.39 is 0 Å². The second-order valence-electron chi connectivity index (χ2n) is 8.43. The summed E-state index contributed by atoms with van der Waals surface area (Å²) >= 11 is 1.77. The zero-order valence-corrected chi connectivity index (χ0v) is 19.5. The highest BCUT2D eigenvalue weighted by molar-refractivity contribution is 7.14. The minimum absolute atomic E-state index is 0.166. The number of hydrogen-bond acceptors (Lipinski definition) is 3. The van der Waals surface area contributed by atoms with Crippen LogP contribution in [0.25, 0.3) is 21.6 Å². The molecule has 3 nitrogen and oxygen atoms in total. The number of likely N-dealkylation sites (tertiary alicyclic amines) is 1. The van der Waals surface area contributed by atoms with E-state index >= 15 is 0 Å². The van der Waals surface area contributed by atoms with Crippen LogP contribution in [0.3, 0.4) is 0 Å². The number of thiophene rings is 1. The average molecular weight is 433 g/mol. The first-order chi connectivity index (χ1) is 15.2. The van der Waals surface area contributed by atoms with Crippen molar-refractivity contribution in [1.82, 2.24) is 9.88 Å². The first-order valence-corrected chi connectivity index (χ1v) is 12.5. The van der Waals surface area contributed by atoms with Crippen molar-refractivity contribution in [1.29, 1.82) is 0 Å². The van der Waals surface area contributed by atoms with Crippen molar-refractivity contribution >= 4 is 17.2 Å². The maximum Gasteiger partial charge on any atom is 0.253 e. The van der Waals surface area contributed by atoms with Crippen LogP contribution in [-0.2, 0) is 12.8 Å². The smallest absolute Gasteiger partial charge is 0.253 e.